The summed E-state index contributed by atoms with van der Waals surface area (Å²) in [4.78, 5) is 24.3. The zero-order chi connectivity index (χ0) is 20.5. The number of carbonyl (C=O) groups is 2. The van der Waals surface area contributed by atoms with Crippen LogP contribution in [0, 0.1) is 6.92 Å². The second-order valence-corrected chi connectivity index (χ2v) is 6.38. The fraction of sp³-hybridized carbons (Fsp3) is 0.0400. The van der Waals surface area contributed by atoms with E-state index in [2.05, 4.69) is 5.32 Å². The summed E-state index contributed by atoms with van der Waals surface area (Å²) in [6.45, 7) is 1.84. The molecule has 3 aromatic carbocycles. The predicted octanol–water partition coefficient (Wildman–Crippen LogP) is 5.27. The molecule has 0 radical (unpaired) electrons. The van der Waals surface area contributed by atoms with Crippen LogP contribution in [0.5, 0.6) is 5.75 Å². The van der Waals surface area contributed by atoms with Crippen LogP contribution in [0.15, 0.2) is 91.0 Å². The number of esters is 1. The molecular weight excluding hydrogens is 362 g/mol. The number of hydrogen-bond donors (Lipinski definition) is 1. The average molecular weight is 383 g/mol. The Bertz CT molecular complexity index is 1040. The third-order valence-corrected chi connectivity index (χ3v) is 4.10. The number of benzene rings is 3. The minimum atomic E-state index is -0.482. The smallest absolute Gasteiger partial charge is 0.336 e. The van der Waals surface area contributed by atoms with Gasteiger partial charge in [-0.3, -0.25) is 4.79 Å². The normalized spacial score (nSPS) is 10.9. The van der Waals surface area contributed by atoms with Gasteiger partial charge < -0.3 is 10.1 Å². The minimum absolute atomic E-state index is 0.265. The lowest BCUT2D eigenvalue weighted by Gasteiger charge is -2.09. The molecule has 0 bridgehead atoms. The fourth-order valence-corrected chi connectivity index (χ4v) is 2.58. The third-order valence-electron chi connectivity index (χ3n) is 4.10. The van der Waals surface area contributed by atoms with Crippen molar-refractivity contribution in [2.45, 2.75) is 6.92 Å². The maximum Gasteiger partial charge on any atom is 0.336 e. The number of nitrogens with one attached hydrogen (secondary N) is 1. The van der Waals surface area contributed by atoms with Crippen molar-refractivity contribution in [2.75, 3.05) is 5.32 Å². The monoisotopic (exact) mass is 383 g/mol. The van der Waals surface area contributed by atoms with E-state index in [-0.39, 0.29) is 5.91 Å². The van der Waals surface area contributed by atoms with Crippen molar-refractivity contribution >= 4 is 29.7 Å². The summed E-state index contributed by atoms with van der Waals surface area (Å²) >= 11 is 0. The Labute approximate surface area is 170 Å². The molecule has 0 unspecified atom stereocenters. The molecule has 29 heavy (non-hydrogen) atoms. The topological polar surface area (TPSA) is 55.4 Å². The van der Waals surface area contributed by atoms with E-state index < -0.39 is 5.97 Å². The molecule has 0 heterocycles. The maximum absolute atomic E-state index is 12.1. The molecule has 3 aromatic rings. The Morgan fingerprint density at radius 3 is 2.00 bits per heavy atom. The highest BCUT2D eigenvalue weighted by atomic mass is 16.5. The van der Waals surface area contributed by atoms with Gasteiger partial charge in [0, 0.05) is 23.9 Å². The van der Waals surface area contributed by atoms with E-state index in [1.165, 1.54) is 12.2 Å². The molecule has 0 aliphatic carbocycles. The molecule has 4 nitrogen and oxygen atoms in total. The van der Waals surface area contributed by atoms with Crippen LogP contribution in [0.2, 0.25) is 0 Å². The maximum atomic E-state index is 12.1. The van der Waals surface area contributed by atoms with Gasteiger partial charge in [-0.2, -0.15) is 0 Å². The highest BCUT2D eigenvalue weighted by molar-refractivity contribution is 6.02. The number of amides is 1. The Hall–Kier alpha value is -3.92. The highest BCUT2D eigenvalue weighted by Gasteiger charge is 2.07. The molecule has 0 saturated heterocycles. The van der Waals surface area contributed by atoms with Crippen molar-refractivity contribution in [3.63, 3.8) is 0 Å². The van der Waals surface area contributed by atoms with Gasteiger partial charge in [-0.25, -0.2) is 4.79 Å². The number of ether oxygens (including phenoxy) is 1. The van der Waals surface area contributed by atoms with E-state index in [0.29, 0.717) is 11.4 Å². The summed E-state index contributed by atoms with van der Waals surface area (Å²) in [7, 11) is 0. The van der Waals surface area contributed by atoms with E-state index in [0.717, 1.165) is 16.7 Å². The number of hydrogen-bond acceptors (Lipinski definition) is 3. The minimum Gasteiger partial charge on any atom is -0.423 e. The predicted molar refractivity (Wildman–Crippen MR) is 116 cm³/mol. The fourth-order valence-electron chi connectivity index (χ4n) is 2.58. The highest BCUT2D eigenvalue weighted by Crippen LogP contribution is 2.23. The lowest BCUT2D eigenvalue weighted by molar-refractivity contribution is -0.128. The van der Waals surface area contributed by atoms with Gasteiger partial charge in [-0.15, -0.1) is 0 Å². The van der Waals surface area contributed by atoms with E-state index in [4.69, 9.17) is 4.74 Å². The van der Waals surface area contributed by atoms with Crippen LogP contribution >= 0.6 is 0 Å². The second-order valence-electron chi connectivity index (χ2n) is 6.38. The number of rotatable bonds is 6. The van der Waals surface area contributed by atoms with E-state index in [9.17, 15) is 9.59 Å². The standard InChI is InChI=1S/C25H21NO3/c1-19-12-15-22(26-24(27)16-13-20-8-4-2-5-9-20)18-23(19)29-25(28)17-14-21-10-6-3-7-11-21/h2-18H,1H3,(H,26,27). The van der Waals surface area contributed by atoms with Crippen molar-refractivity contribution in [1.82, 2.24) is 0 Å². The number of anilines is 1. The van der Waals surface area contributed by atoms with Crippen LogP contribution in [0.25, 0.3) is 12.2 Å². The molecule has 0 saturated carbocycles. The Balaban J connectivity index is 1.63. The van der Waals surface area contributed by atoms with Crippen molar-refractivity contribution in [2.24, 2.45) is 0 Å². The zero-order valence-corrected chi connectivity index (χ0v) is 16.0. The second kappa shape index (κ2) is 9.85. The lowest BCUT2D eigenvalue weighted by Crippen LogP contribution is -2.09. The SMILES string of the molecule is Cc1ccc(NC(=O)C=Cc2ccccc2)cc1OC(=O)C=Cc1ccccc1. The molecule has 0 aliphatic rings. The zero-order valence-electron chi connectivity index (χ0n) is 16.0. The molecular formula is C25H21NO3. The summed E-state index contributed by atoms with van der Waals surface area (Å²) < 4.78 is 5.42. The molecule has 1 N–H and O–H groups in total. The van der Waals surface area contributed by atoms with Gasteiger partial charge in [0.2, 0.25) is 5.91 Å². The Kier molecular flexibility index (Phi) is 6.74. The van der Waals surface area contributed by atoms with Gasteiger partial charge >= 0.3 is 5.97 Å². The molecule has 4 heteroatoms. The van der Waals surface area contributed by atoms with Crippen LogP contribution in [0.3, 0.4) is 0 Å². The van der Waals surface area contributed by atoms with E-state index in [1.54, 1.807) is 30.4 Å². The van der Waals surface area contributed by atoms with Crippen molar-refractivity contribution in [3.8, 4) is 5.75 Å². The molecule has 0 spiro atoms. The quantitative estimate of drug-likeness (QED) is 0.359. The molecule has 144 valence electrons. The first-order valence-corrected chi connectivity index (χ1v) is 9.20. The molecule has 0 fully saturated rings. The van der Waals surface area contributed by atoms with Crippen LogP contribution in [0.1, 0.15) is 16.7 Å². The Morgan fingerprint density at radius 2 is 1.38 bits per heavy atom. The molecule has 0 aliphatic heterocycles. The summed E-state index contributed by atoms with van der Waals surface area (Å²) in [5, 5.41) is 2.78. The van der Waals surface area contributed by atoms with Gasteiger partial charge in [0.15, 0.2) is 0 Å². The summed E-state index contributed by atoms with van der Waals surface area (Å²) in [5.41, 5.74) is 3.19. The number of aryl methyl sites for hydroxylation is 1. The summed E-state index contributed by atoms with van der Waals surface area (Å²) in [6, 6.07) is 24.2. The van der Waals surface area contributed by atoms with Crippen LogP contribution in [0.4, 0.5) is 5.69 Å². The van der Waals surface area contributed by atoms with Crippen LogP contribution < -0.4 is 10.1 Å². The lowest BCUT2D eigenvalue weighted by atomic mass is 10.2. The molecule has 0 aromatic heterocycles. The van der Waals surface area contributed by atoms with Gasteiger partial charge in [-0.1, -0.05) is 66.7 Å². The first kappa shape index (κ1) is 19.8. The summed E-state index contributed by atoms with van der Waals surface area (Å²) in [6.07, 6.45) is 6.27. The van der Waals surface area contributed by atoms with Crippen molar-refractivity contribution < 1.29 is 14.3 Å². The van der Waals surface area contributed by atoms with Crippen LogP contribution in [-0.4, -0.2) is 11.9 Å². The van der Waals surface area contributed by atoms with Gasteiger partial charge in [0.25, 0.3) is 0 Å². The molecule has 0 atom stereocenters. The number of carbonyl (C=O) groups excluding carboxylic acids is 2. The van der Waals surface area contributed by atoms with Gasteiger partial charge in [0.1, 0.15) is 5.75 Å². The molecule has 1 amide bonds. The van der Waals surface area contributed by atoms with Gasteiger partial charge in [-0.05, 0) is 41.8 Å². The van der Waals surface area contributed by atoms with E-state index in [1.807, 2.05) is 67.6 Å². The van der Waals surface area contributed by atoms with Crippen molar-refractivity contribution in [3.05, 3.63) is 108 Å². The Morgan fingerprint density at radius 1 is 0.793 bits per heavy atom. The van der Waals surface area contributed by atoms with E-state index >= 15 is 0 Å². The largest absolute Gasteiger partial charge is 0.423 e. The summed E-state index contributed by atoms with van der Waals surface area (Å²) in [5.74, 6) is -0.346. The van der Waals surface area contributed by atoms with Crippen molar-refractivity contribution in [1.29, 1.82) is 0 Å². The average Bonchev–Trinajstić information content (AvgIpc) is 2.75. The molecule has 3 rings (SSSR count). The van der Waals surface area contributed by atoms with Gasteiger partial charge in [0.05, 0.1) is 0 Å². The first-order chi connectivity index (χ1) is 14.1. The van der Waals surface area contributed by atoms with Crippen LogP contribution in [-0.2, 0) is 9.59 Å². The third kappa shape index (κ3) is 6.33. The first-order valence-electron chi connectivity index (χ1n) is 9.20.